The Kier molecular flexibility index (Phi) is 3.68. The van der Waals surface area contributed by atoms with Crippen LogP contribution in [0.4, 0.5) is 0 Å². The van der Waals surface area contributed by atoms with Gasteiger partial charge in [0.15, 0.2) is 0 Å². The largest absolute Gasteiger partial charge is 0.326 e. The van der Waals surface area contributed by atoms with Crippen LogP contribution in [0.2, 0.25) is 0 Å². The van der Waals surface area contributed by atoms with E-state index in [1.54, 1.807) is 10.4 Å². The molecule has 4 nitrogen and oxygen atoms in total. The van der Waals surface area contributed by atoms with Crippen molar-refractivity contribution in [3.8, 4) is 0 Å². The lowest BCUT2D eigenvalue weighted by atomic mass is 9.94. The van der Waals surface area contributed by atoms with Crippen LogP contribution in [0.1, 0.15) is 37.0 Å². The van der Waals surface area contributed by atoms with Crippen molar-refractivity contribution in [3.05, 3.63) is 16.3 Å². The average Bonchev–Trinajstić information content (AvgIpc) is 3.06. The fourth-order valence-electron chi connectivity index (χ4n) is 3.54. The number of fused-ring (bicyclic) bond motifs is 1. The lowest BCUT2D eigenvalue weighted by molar-refractivity contribution is 0.202. The van der Waals surface area contributed by atoms with Crippen molar-refractivity contribution in [2.75, 3.05) is 6.54 Å². The van der Waals surface area contributed by atoms with Crippen LogP contribution in [0.5, 0.6) is 0 Å². The Morgan fingerprint density at radius 1 is 1.32 bits per heavy atom. The van der Waals surface area contributed by atoms with E-state index in [0.29, 0.717) is 23.9 Å². The van der Waals surface area contributed by atoms with Crippen LogP contribution in [0.25, 0.3) is 0 Å². The molecule has 2 fully saturated rings. The van der Waals surface area contributed by atoms with E-state index < -0.39 is 10.0 Å². The number of rotatable bonds is 3. The Labute approximate surface area is 118 Å². The first-order valence-corrected chi connectivity index (χ1v) is 9.25. The van der Waals surface area contributed by atoms with Crippen LogP contribution in [-0.2, 0) is 16.6 Å². The second-order valence-electron chi connectivity index (χ2n) is 5.43. The molecule has 106 valence electrons. The van der Waals surface area contributed by atoms with Crippen LogP contribution >= 0.6 is 11.3 Å². The quantitative estimate of drug-likeness (QED) is 0.930. The van der Waals surface area contributed by atoms with Crippen molar-refractivity contribution < 1.29 is 8.42 Å². The first-order valence-electron chi connectivity index (χ1n) is 6.93. The predicted octanol–water partition coefficient (Wildman–Crippen LogP) is 2.16. The number of thiophene rings is 1. The highest BCUT2D eigenvalue weighted by atomic mass is 32.2. The van der Waals surface area contributed by atoms with E-state index in [1.807, 2.05) is 5.38 Å². The monoisotopic (exact) mass is 300 g/mol. The Morgan fingerprint density at radius 2 is 2.11 bits per heavy atom. The van der Waals surface area contributed by atoms with E-state index in [4.69, 9.17) is 5.73 Å². The molecule has 1 aliphatic heterocycles. The summed E-state index contributed by atoms with van der Waals surface area (Å²) in [4.78, 5) is 1.22. The Bertz CT molecular complexity index is 553. The lowest BCUT2D eigenvalue weighted by Gasteiger charge is -2.36. The number of hydrogen-bond donors (Lipinski definition) is 1. The van der Waals surface area contributed by atoms with Gasteiger partial charge in [-0.25, -0.2) is 8.42 Å². The zero-order valence-electron chi connectivity index (χ0n) is 10.9. The third-order valence-electron chi connectivity index (χ3n) is 4.42. The Morgan fingerprint density at radius 3 is 2.89 bits per heavy atom. The smallest absolute Gasteiger partial charge is 0.244 e. The van der Waals surface area contributed by atoms with Crippen LogP contribution in [0, 0.1) is 5.92 Å². The molecule has 1 saturated carbocycles. The van der Waals surface area contributed by atoms with Gasteiger partial charge in [0.05, 0.1) is 4.90 Å². The van der Waals surface area contributed by atoms with Gasteiger partial charge in [-0.05, 0) is 43.0 Å². The molecule has 2 aliphatic rings. The summed E-state index contributed by atoms with van der Waals surface area (Å²) in [7, 11) is -3.35. The van der Waals surface area contributed by atoms with Gasteiger partial charge in [0, 0.05) is 24.0 Å². The number of nitrogens with two attached hydrogens (primary N) is 1. The maximum absolute atomic E-state index is 12.8. The normalized spacial score (nSPS) is 28.5. The van der Waals surface area contributed by atoms with Crippen molar-refractivity contribution in [2.24, 2.45) is 11.7 Å². The first kappa shape index (κ1) is 13.5. The second-order valence-corrected chi connectivity index (χ2v) is 8.29. The summed E-state index contributed by atoms with van der Waals surface area (Å²) in [6, 6.07) is 1.94. The molecule has 2 unspecified atom stereocenters. The molecule has 0 amide bonds. The molecular formula is C13H20N2O2S2. The minimum atomic E-state index is -3.35. The topological polar surface area (TPSA) is 63.4 Å². The fourth-order valence-corrected chi connectivity index (χ4v) is 6.60. The van der Waals surface area contributed by atoms with Gasteiger partial charge in [0.2, 0.25) is 10.0 Å². The van der Waals surface area contributed by atoms with Crippen molar-refractivity contribution in [3.63, 3.8) is 0 Å². The summed E-state index contributed by atoms with van der Waals surface area (Å²) in [5.74, 6) is 0.573. The molecule has 0 aromatic carbocycles. The molecule has 1 aromatic rings. The van der Waals surface area contributed by atoms with E-state index in [9.17, 15) is 8.42 Å². The van der Waals surface area contributed by atoms with Crippen molar-refractivity contribution in [2.45, 2.75) is 49.6 Å². The molecular weight excluding hydrogens is 280 g/mol. The van der Waals surface area contributed by atoms with E-state index in [0.717, 1.165) is 24.1 Å². The molecule has 0 spiro atoms. The lowest BCUT2D eigenvalue weighted by Crippen LogP contribution is -2.46. The van der Waals surface area contributed by atoms with Crippen molar-refractivity contribution >= 4 is 21.4 Å². The summed E-state index contributed by atoms with van der Waals surface area (Å²) in [5.41, 5.74) is 5.66. The van der Waals surface area contributed by atoms with Gasteiger partial charge in [-0.2, -0.15) is 4.31 Å². The van der Waals surface area contributed by atoms with Gasteiger partial charge in [-0.1, -0.05) is 6.42 Å². The minimum absolute atomic E-state index is 0.226. The van der Waals surface area contributed by atoms with Gasteiger partial charge in [0.1, 0.15) is 0 Å². The van der Waals surface area contributed by atoms with Crippen molar-refractivity contribution in [1.29, 1.82) is 0 Å². The first-order chi connectivity index (χ1) is 9.14. The van der Waals surface area contributed by atoms with E-state index in [-0.39, 0.29) is 6.04 Å². The Hall–Kier alpha value is -0.430. The number of nitrogens with zero attached hydrogens (tertiary/aromatic N) is 1. The summed E-state index contributed by atoms with van der Waals surface area (Å²) in [6.07, 6.45) is 5.54. The van der Waals surface area contributed by atoms with E-state index in [1.165, 1.54) is 24.2 Å². The van der Waals surface area contributed by atoms with Gasteiger partial charge in [-0.3, -0.25) is 0 Å². The highest BCUT2D eigenvalue weighted by Crippen LogP contribution is 2.40. The summed E-state index contributed by atoms with van der Waals surface area (Å²) >= 11 is 1.43. The fraction of sp³-hybridized carbons (Fsp3) is 0.692. The Balaban J connectivity index is 1.95. The standard InChI is InChI=1S/C13H20N2O2S2/c14-9-12-13(6-8-18-12)19(16,17)15-7-2-4-10-3-1-5-11(10)15/h6,8,10-11H,1-5,7,9,14H2. The molecule has 3 rings (SSSR count). The summed E-state index contributed by atoms with van der Waals surface area (Å²) < 4.78 is 27.5. The molecule has 1 aliphatic carbocycles. The zero-order valence-corrected chi connectivity index (χ0v) is 12.5. The molecule has 6 heteroatoms. The summed E-state index contributed by atoms with van der Waals surface area (Å²) in [6.45, 7) is 0.970. The summed E-state index contributed by atoms with van der Waals surface area (Å²) in [5, 5.41) is 1.82. The van der Waals surface area contributed by atoms with E-state index in [2.05, 4.69) is 0 Å². The molecule has 2 atom stereocenters. The molecule has 1 aromatic heterocycles. The number of sulfonamides is 1. The van der Waals surface area contributed by atoms with Gasteiger partial charge in [-0.15, -0.1) is 11.3 Å². The maximum atomic E-state index is 12.8. The van der Waals surface area contributed by atoms with Gasteiger partial charge in [0.25, 0.3) is 0 Å². The number of hydrogen-bond acceptors (Lipinski definition) is 4. The second kappa shape index (κ2) is 5.16. The third kappa shape index (κ3) is 2.24. The molecule has 0 bridgehead atoms. The number of piperidine rings is 1. The van der Waals surface area contributed by atoms with Crippen LogP contribution in [-0.4, -0.2) is 25.3 Å². The zero-order chi connectivity index (χ0) is 13.5. The highest BCUT2D eigenvalue weighted by Gasteiger charge is 2.41. The maximum Gasteiger partial charge on any atom is 0.244 e. The molecule has 2 heterocycles. The third-order valence-corrected chi connectivity index (χ3v) is 7.50. The minimum Gasteiger partial charge on any atom is -0.326 e. The van der Waals surface area contributed by atoms with Gasteiger partial charge >= 0.3 is 0 Å². The van der Waals surface area contributed by atoms with Gasteiger partial charge < -0.3 is 5.73 Å². The highest BCUT2D eigenvalue weighted by molar-refractivity contribution is 7.89. The van der Waals surface area contributed by atoms with Crippen LogP contribution in [0.3, 0.4) is 0 Å². The molecule has 2 N–H and O–H groups in total. The SMILES string of the molecule is NCc1sccc1S(=O)(=O)N1CCCC2CCCC21. The average molecular weight is 300 g/mol. The molecule has 0 radical (unpaired) electrons. The molecule has 19 heavy (non-hydrogen) atoms. The molecule has 1 saturated heterocycles. The van der Waals surface area contributed by atoms with E-state index >= 15 is 0 Å². The van der Waals surface area contributed by atoms with Crippen molar-refractivity contribution in [1.82, 2.24) is 4.31 Å². The van der Waals surface area contributed by atoms with Crippen LogP contribution < -0.4 is 5.73 Å². The predicted molar refractivity (Wildman–Crippen MR) is 76.5 cm³/mol. The van der Waals surface area contributed by atoms with Crippen LogP contribution in [0.15, 0.2) is 16.3 Å².